The smallest absolute Gasteiger partial charge is 0.151 e. The molecule has 4 nitrogen and oxygen atoms in total. The fraction of sp³-hybridized carbons (Fsp3) is 0.667. The van der Waals surface area contributed by atoms with Crippen LogP contribution < -0.4 is 10.2 Å². The van der Waals surface area contributed by atoms with Crippen LogP contribution >= 0.6 is 0 Å². The summed E-state index contributed by atoms with van der Waals surface area (Å²) in [5.74, 6) is 1.01. The first-order valence-corrected chi connectivity index (χ1v) is 5.82. The van der Waals surface area contributed by atoms with Crippen molar-refractivity contribution in [2.45, 2.75) is 20.3 Å². The second-order valence-electron chi connectivity index (χ2n) is 5.10. The minimum atomic E-state index is 0.361. The Morgan fingerprint density at radius 1 is 1.56 bits per heavy atom. The first-order chi connectivity index (χ1) is 7.63. The zero-order valence-corrected chi connectivity index (χ0v) is 10.3. The summed E-state index contributed by atoms with van der Waals surface area (Å²) in [5.41, 5.74) is 1.53. The molecule has 0 spiro atoms. The lowest BCUT2D eigenvalue weighted by Gasteiger charge is -2.24. The molecule has 1 aromatic rings. The summed E-state index contributed by atoms with van der Waals surface area (Å²) in [5, 5.41) is 11.5. The van der Waals surface area contributed by atoms with E-state index in [-0.39, 0.29) is 0 Å². The van der Waals surface area contributed by atoms with Crippen LogP contribution in [0.3, 0.4) is 0 Å². The summed E-state index contributed by atoms with van der Waals surface area (Å²) >= 11 is 0. The number of aromatic nitrogens is 2. The normalized spacial score (nSPS) is 25.1. The lowest BCUT2D eigenvalue weighted by molar-refractivity contribution is 0.355. The third-order valence-corrected chi connectivity index (χ3v) is 3.26. The first-order valence-electron chi connectivity index (χ1n) is 5.82. The second-order valence-corrected chi connectivity index (χ2v) is 5.10. The highest BCUT2D eigenvalue weighted by atomic mass is 15.3. The molecule has 4 heteroatoms. The van der Waals surface area contributed by atoms with Crippen molar-refractivity contribution in [2.75, 3.05) is 31.6 Å². The molecule has 2 rings (SSSR count). The van der Waals surface area contributed by atoms with E-state index in [2.05, 4.69) is 40.3 Å². The number of aryl methyl sites for hydroxylation is 1. The van der Waals surface area contributed by atoms with Crippen molar-refractivity contribution in [3.63, 3.8) is 0 Å². The van der Waals surface area contributed by atoms with Gasteiger partial charge in [-0.3, -0.25) is 0 Å². The van der Waals surface area contributed by atoms with Gasteiger partial charge in [0.05, 0.1) is 6.20 Å². The monoisotopic (exact) mass is 220 g/mol. The van der Waals surface area contributed by atoms with Crippen molar-refractivity contribution in [1.29, 1.82) is 0 Å². The van der Waals surface area contributed by atoms with Crippen molar-refractivity contribution in [3.8, 4) is 0 Å². The molecule has 1 fully saturated rings. The Kier molecular flexibility index (Phi) is 3.10. The van der Waals surface area contributed by atoms with Gasteiger partial charge in [0, 0.05) is 19.6 Å². The van der Waals surface area contributed by atoms with Crippen molar-refractivity contribution >= 4 is 5.82 Å². The van der Waals surface area contributed by atoms with E-state index >= 15 is 0 Å². The van der Waals surface area contributed by atoms with Gasteiger partial charge in [-0.25, -0.2) is 0 Å². The molecule has 1 aliphatic heterocycles. The molecule has 0 bridgehead atoms. The number of hydrogen-bond acceptors (Lipinski definition) is 4. The molecule has 0 aliphatic carbocycles. The zero-order valence-electron chi connectivity index (χ0n) is 10.3. The van der Waals surface area contributed by atoms with Gasteiger partial charge in [-0.2, -0.15) is 5.10 Å². The summed E-state index contributed by atoms with van der Waals surface area (Å²) in [6.45, 7) is 7.58. The van der Waals surface area contributed by atoms with E-state index < -0.39 is 0 Å². The van der Waals surface area contributed by atoms with Gasteiger partial charge in [0.15, 0.2) is 5.82 Å². The fourth-order valence-electron chi connectivity index (χ4n) is 2.39. The molecule has 1 N–H and O–H groups in total. The molecule has 88 valence electrons. The Labute approximate surface area is 97.1 Å². The van der Waals surface area contributed by atoms with Crippen LogP contribution in [0.5, 0.6) is 0 Å². The van der Waals surface area contributed by atoms with Crippen LogP contribution in [-0.2, 0) is 0 Å². The molecule has 1 aromatic heterocycles. The number of hydrogen-bond donors (Lipinski definition) is 1. The Morgan fingerprint density at radius 2 is 2.38 bits per heavy atom. The van der Waals surface area contributed by atoms with Gasteiger partial charge in [0.25, 0.3) is 0 Å². The summed E-state index contributed by atoms with van der Waals surface area (Å²) in [6.07, 6.45) is 3.01. The van der Waals surface area contributed by atoms with E-state index in [9.17, 15) is 0 Å². The fourth-order valence-corrected chi connectivity index (χ4v) is 2.39. The van der Waals surface area contributed by atoms with Gasteiger partial charge in [-0.1, -0.05) is 6.92 Å². The van der Waals surface area contributed by atoms with Crippen LogP contribution in [0.4, 0.5) is 5.82 Å². The Balaban J connectivity index is 2.09. The second kappa shape index (κ2) is 4.37. The van der Waals surface area contributed by atoms with E-state index in [0.717, 1.165) is 25.5 Å². The highest BCUT2D eigenvalue weighted by molar-refractivity contribution is 5.40. The molecule has 1 saturated heterocycles. The Hall–Kier alpha value is -1.16. The lowest BCUT2D eigenvalue weighted by Crippen LogP contribution is -2.33. The lowest BCUT2D eigenvalue weighted by atomic mass is 9.90. The number of nitrogens with one attached hydrogen (secondary N) is 1. The average Bonchev–Trinajstić information content (AvgIpc) is 2.61. The summed E-state index contributed by atoms with van der Waals surface area (Å²) in [6, 6.07) is 2.11. The van der Waals surface area contributed by atoms with Gasteiger partial charge in [-0.05, 0) is 37.4 Å². The van der Waals surface area contributed by atoms with E-state index in [0.29, 0.717) is 5.41 Å². The maximum Gasteiger partial charge on any atom is 0.151 e. The summed E-state index contributed by atoms with van der Waals surface area (Å²) in [4.78, 5) is 2.33. The molecule has 1 atom stereocenters. The molecule has 1 aliphatic rings. The third-order valence-electron chi connectivity index (χ3n) is 3.26. The molecular formula is C12H20N4. The largest absolute Gasteiger partial charge is 0.355 e. The van der Waals surface area contributed by atoms with E-state index in [1.165, 1.54) is 12.0 Å². The molecule has 16 heavy (non-hydrogen) atoms. The maximum absolute atomic E-state index is 4.20. The molecule has 0 radical (unpaired) electrons. The van der Waals surface area contributed by atoms with Crippen LogP contribution in [-0.4, -0.2) is 36.9 Å². The van der Waals surface area contributed by atoms with Crippen LogP contribution in [0.15, 0.2) is 12.3 Å². The Bertz CT molecular complexity index is 366. The van der Waals surface area contributed by atoms with Crippen molar-refractivity contribution in [3.05, 3.63) is 17.8 Å². The molecule has 0 aromatic carbocycles. The average molecular weight is 220 g/mol. The number of rotatable bonds is 3. The van der Waals surface area contributed by atoms with Crippen molar-refractivity contribution in [2.24, 2.45) is 5.41 Å². The molecule has 0 amide bonds. The minimum Gasteiger partial charge on any atom is -0.355 e. The summed E-state index contributed by atoms with van der Waals surface area (Å²) in [7, 11) is 2.01. The number of nitrogens with zero attached hydrogens (tertiary/aromatic N) is 3. The van der Waals surface area contributed by atoms with Gasteiger partial charge >= 0.3 is 0 Å². The minimum absolute atomic E-state index is 0.361. The van der Waals surface area contributed by atoms with Crippen molar-refractivity contribution < 1.29 is 0 Å². The van der Waals surface area contributed by atoms with E-state index in [4.69, 9.17) is 0 Å². The van der Waals surface area contributed by atoms with Crippen LogP contribution in [0.25, 0.3) is 0 Å². The highest BCUT2D eigenvalue weighted by Gasteiger charge is 2.33. The quantitative estimate of drug-likeness (QED) is 0.831. The van der Waals surface area contributed by atoms with Gasteiger partial charge in [-0.15, -0.1) is 5.10 Å². The molecular weight excluding hydrogens is 200 g/mol. The SMILES string of the molecule is CNCC1(C)CCN(c2cc(C)cnn2)C1. The van der Waals surface area contributed by atoms with E-state index in [1.807, 2.05) is 7.05 Å². The van der Waals surface area contributed by atoms with Crippen LogP contribution in [0.2, 0.25) is 0 Å². The van der Waals surface area contributed by atoms with Crippen LogP contribution in [0, 0.1) is 12.3 Å². The molecule has 2 heterocycles. The predicted octanol–water partition coefficient (Wildman–Crippen LogP) is 1.22. The molecule has 1 unspecified atom stereocenters. The Morgan fingerprint density at radius 3 is 3.06 bits per heavy atom. The predicted molar refractivity (Wildman–Crippen MR) is 65.6 cm³/mol. The zero-order chi connectivity index (χ0) is 11.6. The standard InChI is InChI=1S/C12H20N4/c1-10-6-11(15-14-7-10)16-5-4-12(2,9-16)8-13-3/h6-7,13H,4-5,8-9H2,1-3H3. The highest BCUT2D eigenvalue weighted by Crippen LogP contribution is 2.31. The van der Waals surface area contributed by atoms with Gasteiger partial charge < -0.3 is 10.2 Å². The van der Waals surface area contributed by atoms with Gasteiger partial charge in [0.2, 0.25) is 0 Å². The number of anilines is 1. The van der Waals surface area contributed by atoms with E-state index in [1.54, 1.807) is 6.20 Å². The van der Waals surface area contributed by atoms with Crippen LogP contribution in [0.1, 0.15) is 18.9 Å². The summed E-state index contributed by atoms with van der Waals surface area (Å²) < 4.78 is 0. The third kappa shape index (κ3) is 2.32. The topological polar surface area (TPSA) is 41.0 Å². The molecule has 0 saturated carbocycles. The van der Waals surface area contributed by atoms with Crippen molar-refractivity contribution in [1.82, 2.24) is 15.5 Å². The maximum atomic E-state index is 4.20. The first kappa shape index (κ1) is 11.3. The van der Waals surface area contributed by atoms with Gasteiger partial charge in [0.1, 0.15) is 0 Å².